The first-order chi connectivity index (χ1) is 7.81. The van der Waals surface area contributed by atoms with Crippen molar-refractivity contribution in [3.05, 3.63) is 52.2 Å². The highest BCUT2D eigenvalue weighted by Crippen LogP contribution is 2.24. The quantitative estimate of drug-likeness (QED) is 0.846. The van der Waals surface area contributed by atoms with E-state index in [1.807, 2.05) is 11.8 Å². The normalized spacial score (nSPS) is 11.9. The molecule has 0 saturated heterocycles. The molecule has 2 N–H and O–H groups in total. The molecule has 0 saturated carbocycles. The molecule has 1 atom stereocenters. The Labute approximate surface area is 117 Å². The summed E-state index contributed by atoms with van der Waals surface area (Å²) in [7, 11) is 0. The maximum atomic E-state index is 6.18. The molecular weight excluding hydrogens is 270 g/mol. The molecule has 2 rings (SSSR count). The molecule has 92 valence electrons. The highest BCUT2D eigenvalue weighted by Gasteiger charge is 2.08. The molecule has 0 spiro atoms. The van der Waals surface area contributed by atoms with Crippen LogP contribution in [0.5, 0.6) is 0 Å². The fourth-order valence-corrected chi connectivity index (χ4v) is 2.94. The molecule has 0 amide bonds. The average molecular weight is 286 g/mol. The average Bonchev–Trinajstić information content (AvgIpc) is 2.83. The van der Waals surface area contributed by atoms with Crippen molar-refractivity contribution in [2.24, 2.45) is 5.73 Å². The molecule has 0 aliphatic heterocycles. The van der Waals surface area contributed by atoms with Crippen LogP contribution in [0.2, 0.25) is 0 Å². The van der Waals surface area contributed by atoms with Crippen LogP contribution < -0.4 is 5.73 Å². The summed E-state index contributed by atoms with van der Waals surface area (Å²) in [5.41, 5.74) is 8.56. The number of hydrogen-bond donors (Lipinski definition) is 1. The summed E-state index contributed by atoms with van der Waals surface area (Å²) in [5, 5.41) is 4.18. The Kier molecular flexibility index (Phi) is 6.06. The summed E-state index contributed by atoms with van der Waals surface area (Å²) in [4.78, 5) is 1.31. The Morgan fingerprint density at radius 2 is 1.88 bits per heavy atom. The van der Waals surface area contributed by atoms with Gasteiger partial charge in [0.15, 0.2) is 0 Å². The van der Waals surface area contributed by atoms with Crippen LogP contribution in [-0.4, -0.2) is 5.75 Å². The first-order valence-electron chi connectivity index (χ1n) is 5.31. The van der Waals surface area contributed by atoms with Crippen molar-refractivity contribution in [3.8, 4) is 0 Å². The van der Waals surface area contributed by atoms with Gasteiger partial charge in [-0.1, -0.05) is 19.1 Å². The van der Waals surface area contributed by atoms with Gasteiger partial charge in [-0.25, -0.2) is 0 Å². The van der Waals surface area contributed by atoms with Gasteiger partial charge in [0.25, 0.3) is 0 Å². The first-order valence-corrected chi connectivity index (χ1v) is 7.24. The van der Waals surface area contributed by atoms with Crippen LogP contribution in [0.3, 0.4) is 0 Å². The number of thioether (sulfide) groups is 1. The molecule has 1 heterocycles. The fourth-order valence-electron chi connectivity index (χ4n) is 1.58. The van der Waals surface area contributed by atoms with E-state index in [9.17, 15) is 0 Å². The zero-order valence-electron chi connectivity index (χ0n) is 9.63. The number of rotatable bonds is 4. The molecule has 0 unspecified atom stereocenters. The molecule has 0 aliphatic carbocycles. The van der Waals surface area contributed by atoms with E-state index in [4.69, 9.17) is 5.73 Å². The standard InChI is InChI=1S/C13H15NS2.ClH/c1-2-16-12-5-3-10(4-6-12)13(14)11-7-8-15-9-11;/h3-9,13H,2,14H2,1H3;1H/t13-;/m1./s1. The molecule has 17 heavy (non-hydrogen) atoms. The number of halogens is 1. The van der Waals surface area contributed by atoms with Crippen LogP contribution >= 0.6 is 35.5 Å². The van der Waals surface area contributed by atoms with Gasteiger partial charge in [-0.15, -0.1) is 24.2 Å². The number of hydrogen-bond acceptors (Lipinski definition) is 3. The molecule has 2 aromatic rings. The van der Waals surface area contributed by atoms with Crippen LogP contribution in [0.15, 0.2) is 46.0 Å². The second-order valence-corrected chi connectivity index (χ2v) is 5.65. The predicted octanol–water partition coefficient (Wildman–Crippen LogP) is 4.33. The third kappa shape index (κ3) is 3.75. The molecule has 1 aromatic heterocycles. The zero-order chi connectivity index (χ0) is 11.4. The Balaban J connectivity index is 0.00000144. The third-order valence-electron chi connectivity index (χ3n) is 2.45. The van der Waals surface area contributed by atoms with Crippen LogP contribution in [0.25, 0.3) is 0 Å². The van der Waals surface area contributed by atoms with Crippen LogP contribution in [0.1, 0.15) is 24.1 Å². The van der Waals surface area contributed by atoms with Crippen molar-refractivity contribution in [1.82, 2.24) is 0 Å². The second kappa shape index (κ2) is 7.07. The van der Waals surface area contributed by atoms with Crippen LogP contribution in [-0.2, 0) is 0 Å². The Bertz CT molecular complexity index is 425. The Morgan fingerprint density at radius 1 is 1.18 bits per heavy atom. The van der Waals surface area contributed by atoms with E-state index < -0.39 is 0 Å². The summed E-state index contributed by atoms with van der Waals surface area (Å²) in [6.07, 6.45) is 0. The number of thiophene rings is 1. The van der Waals surface area contributed by atoms with Gasteiger partial charge < -0.3 is 5.73 Å². The maximum absolute atomic E-state index is 6.18. The highest BCUT2D eigenvalue weighted by atomic mass is 35.5. The van der Waals surface area contributed by atoms with Crippen molar-refractivity contribution < 1.29 is 0 Å². The lowest BCUT2D eigenvalue weighted by atomic mass is 10.0. The highest BCUT2D eigenvalue weighted by molar-refractivity contribution is 7.99. The van der Waals surface area contributed by atoms with Crippen molar-refractivity contribution in [3.63, 3.8) is 0 Å². The van der Waals surface area contributed by atoms with Gasteiger partial charge in [-0.05, 0) is 45.8 Å². The monoisotopic (exact) mass is 285 g/mol. The summed E-state index contributed by atoms with van der Waals surface area (Å²) in [5.74, 6) is 1.11. The molecule has 0 fully saturated rings. The van der Waals surface area contributed by atoms with Crippen LogP contribution in [0.4, 0.5) is 0 Å². The van der Waals surface area contributed by atoms with Gasteiger partial charge in [0.2, 0.25) is 0 Å². The minimum absolute atomic E-state index is 0. The fraction of sp³-hybridized carbons (Fsp3) is 0.231. The third-order valence-corrected chi connectivity index (χ3v) is 4.05. The maximum Gasteiger partial charge on any atom is 0.0559 e. The second-order valence-electron chi connectivity index (χ2n) is 3.54. The lowest BCUT2D eigenvalue weighted by Crippen LogP contribution is -2.10. The molecule has 1 aromatic carbocycles. The number of nitrogens with two attached hydrogens (primary N) is 1. The number of benzene rings is 1. The van der Waals surface area contributed by atoms with Gasteiger partial charge in [-0.3, -0.25) is 0 Å². The van der Waals surface area contributed by atoms with Crippen molar-refractivity contribution in [2.45, 2.75) is 17.9 Å². The van der Waals surface area contributed by atoms with E-state index in [1.165, 1.54) is 16.0 Å². The molecule has 0 aliphatic rings. The lowest BCUT2D eigenvalue weighted by Gasteiger charge is -2.10. The summed E-state index contributed by atoms with van der Waals surface area (Å²) in [6, 6.07) is 10.6. The Hall–Kier alpha value is -0.480. The molecular formula is C13H16ClNS2. The van der Waals surface area contributed by atoms with Crippen molar-refractivity contribution in [2.75, 3.05) is 5.75 Å². The predicted molar refractivity (Wildman–Crippen MR) is 80.4 cm³/mol. The molecule has 0 bridgehead atoms. The van der Waals surface area contributed by atoms with Gasteiger partial charge in [0, 0.05) is 4.90 Å². The lowest BCUT2D eigenvalue weighted by molar-refractivity contribution is 0.875. The molecule has 4 heteroatoms. The Morgan fingerprint density at radius 3 is 2.41 bits per heavy atom. The smallest absolute Gasteiger partial charge is 0.0559 e. The van der Waals surface area contributed by atoms with Gasteiger partial charge >= 0.3 is 0 Å². The summed E-state index contributed by atoms with van der Waals surface area (Å²) >= 11 is 3.54. The summed E-state index contributed by atoms with van der Waals surface area (Å²) < 4.78 is 0. The SMILES string of the molecule is CCSc1ccc([C@@H](N)c2ccsc2)cc1.Cl. The van der Waals surface area contributed by atoms with Gasteiger partial charge in [-0.2, -0.15) is 11.3 Å². The van der Waals surface area contributed by atoms with Gasteiger partial charge in [0.05, 0.1) is 6.04 Å². The summed E-state index contributed by atoms with van der Waals surface area (Å²) in [6.45, 7) is 2.16. The van der Waals surface area contributed by atoms with E-state index in [1.54, 1.807) is 11.3 Å². The largest absolute Gasteiger partial charge is 0.320 e. The van der Waals surface area contributed by atoms with E-state index in [-0.39, 0.29) is 18.4 Å². The van der Waals surface area contributed by atoms with E-state index >= 15 is 0 Å². The molecule has 0 radical (unpaired) electrons. The minimum Gasteiger partial charge on any atom is -0.320 e. The minimum atomic E-state index is 0. The van der Waals surface area contributed by atoms with E-state index in [0.717, 1.165) is 5.75 Å². The van der Waals surface area contributed by atoms with Crippen molar-refractivity contribution >= 4 is 35.5 Å². The van der Waals surface area contributed by atoms with Gasteiger partial charge in [0.1, 0.15) is 0 Å². The van der Waals surface area contributed by atoms with E-state index in [0.29, 0.717) is 0 Å². The van der Waals surface area contributed by atoms with E-state index in [2.05, 4.69) is 48.0 Å². The van der Waals surface area contributed by atoms with Crippen molar-refractivity contribution in [1.29, 1.82) is 0 Å². The first kappa shape index (κ1) is 14.6. The van der Waals surface area contributed by atoms with Crippen LogP contribution in [0, 0.1) is 0 Å². The topological polar surface area (TPSA) is 26.0 Å². The zero-order valence-corrected chi connectivity index (χ0v) is 12.1. The molecule has 1 nitrogen and oxygen atoms in total.